The summed E-state index contributed by atoms with van der Waals surface area (Å²) in [6, 6.07) is 17.8. The van der Waals surface area contributed by atoms with E-state index in [0.29, 0.717) is 30.1 Å². The maximum atomic E-state index is 13.8. The van der Waals surface area contributed by atoms with Gasteiger partial charge in [0.05, 0.1) is 36.1 Å². The van der Waals surface area contributed by atoms with Crippen molar-refractivity contribution < 1.29 is 27.5 Å². The highest BCUT2D eigenvalue weighted by Crippen LogP contribution is 2.35. The maximum absolute atomic E-state index is 13.8. The third-order valence-corrected chi connectivity index (χ3v) is 8.15. The van der Waals surface area contributed by atoms with Crippen molar-refractivity contribution in [3.05, 3.63) is 77.9 Å². The minimum Gasteiger partial charge on any atom is -0.497 e. The molecular formula is C28H31N3O6S. The van der Waals surface area contributed by atoms with E-state index >= 15 is 0 Å². The fourth-order valence-corrected chi connectivity index (χ4v) is 5.75. The predicted molar refractivity (Wildman–Crippen MR) is 145 cm³/mol. The zero-order chi connectivity index (χ0) is 27.3. The molecule has 0 atom stereocenters. The first-order valence-corrected chi connectivity index (χ1v) is 13.7. The molecule has 38 heavy (non-hydrogen) atoms. The molecule has 200 valence electrons. The SMILES string of the molecule is COc1ccc(N(CC(=O)Nc2ccccc2C(=O)N2CCCC2)S(=O)(=O)c2ccc(C)cc2)c(OC)c1. The van der Waals surface area contributed by atoms with Crippen LogP contribution >= 0.6 is 0 Å². The standard InChI is InChI=1S/C28H31N3O6S/c1-20-10-13-22(14-11-20)38(34,35)31(25-15-12-21(36-2)18-26(25)37-3)19-27(32)29-24-9-5-4-8-23(24)28(33)30-16-6-7-17-30/h4-5,8-15,18H,6-7,16-17,19H2,1-3H3,(H,29,32). The second-order valence-electron chi connectivity index (χ2n) is 8.96. The van der Waals surface area contributed by atoms with Crippen molar-refractivity contribution in [3.8, 4) is 11.5 Å². The molecule has 0 unspecified atom stereocenters. The van der Waals surface area contributed by atoms with Gasteiger partial charge < -0.3 is 19.7 Å². The van der Waals surface area contributed by atoms with Crippen LogP contribution in [-0.4, -0.2) is 59.0 Å². The van der Waals surface area contributed by atoms with Gasteiger partial charge in [-0.3, -0.25) is 13.9 Å². The second-order valence-corrected chi connectivity index (χ2v) is 10.8. The lowest BCUT2D eigenvalue weighted by molar-refractivity contribution is -0.114. The van der Waals surface area contributed by atoms with Crippen molar-refractivity contribution in [1.82, 2.24) is 4.90 Å². The molecule has 10 heteroatoms. The number of aryl methyl sites for hydroxylation is 1. The Labute approximate surface area is 223 Å². The lowest BCUT2D eigenvalue weighted by Crippen LogP contribution is -2.38. The van der Waals surface area contributed by atoms with Gasteiger partial charge in [-0.1, -0.05) is 29.8 Å². The number of ether oxygens (including phenoxy) is 2. The first-order chi connectivity index (χ1) is 18.2. The normalized spacial score (nSPS) is 13.2. The average molecular weight is 538 g/mol. The van der Waals surface area contributed by atoms with E-state index in [0.717, 1.165) is 22.7 Å². The molecule has 0 spiro atoms. The van der Waals surface area contributed by atoms with Crippen LogP contribution in [0.4, 0.5) is 11.4 Å². The van der Waals surface area contributed by atoms with E-state index < -0.39 is 22.5 Å². The first-order valence-electron chi connectivity index (χ1n) is 12.2. The third-order valence-electron chi connectivity index (χ3n) is 6.38. The van der Waals surface area contributed by atoms with Crippen LogP contribution in [0.5, 0.6) is 11.5 Å². The van der Waals surface area contributed by atoms with Crippen LogP contribution in [0, 0.1) is 6.92 Å². The number of hydrogen-bond donors (Lipinski definition) is 1. The Kier molecular flexibility index (Phi) is 8.21. The minimum atomic E-state index is -4.17. The number of likely N-dealkylation sites (tertiary alicyclic amines) is 1. The molecule has 1 heterocycles. The van der Waals surface area contributed by atoms with Gasteiger partial charge in [-0.25, -0.2) is 8.42 Å². The molecule has 1 saturated heterocycles. The van der Waals surface area contributed by atoms with Gasteiger partial charge in [0, 0.05) is 19.2 Å². The van der Waals surface area contributed by atoms with Crippen LogP contribution in [-0.2, 0) is 14.8 Å². The number of benzene rings is 3. The molecule has 1 aliphatic rings. The fourth-order valence-electron chi connectivity index (χ4n) is 4.32. The summed E-state index contributed by atoms with van der Waals surface area (Å²) >= 11 is 0. The number of hydrogen-bond acceptors (Lipinski definition) is 6. The number of para-hydroxylation sites is 1. The molecule has 2 amide bonds. The van der Waals surface area contributed by atoms with E-state index in [1.165, 1.54) is 32.4 Å². The number of carbonyl (C=O) groups is 2. The molecule has 1 fully saturated rings. The summed E-state index contributed by atoms with van der Waals surface area (Å²) in [5, 5.41) is 2.75. The Hall–Kier alpha value is -4.05. The van der Waals surface area contributed by atoms with Crippen molar-refractivity contribution in [3.63, 3.8) is 0 Å². The van der Waals surface area contributed by atoms with E-state index in [2.05, 4.69) is 5.32 Å². The Morgan fingerprint density at radius 2 is 1.63 bits per heavy atom. The van der Waals surface area contributed by atoms with Gasteiger partial charge in [-0.15, -0.1) is 0 Å². The highest BCUT2D eigenvalue weighted by atomic mass is 32.2. The molecule has 9 nitrogen and oxygen atoms in total. The van der Waals surface area contributed by atoms with Gasteiger partial charge in [0.2, 0.25) is 5.91 Å². The van der Waals surface area contributed by atoms with Crippen LogP contribution in [0.1, 0.15) is 28.8 Å². The summed E-state index contributed by atoms with van der Waals surface area (Å²) < 4.78 is 39.3. The van der Waals surface area contributed by atoms with Crippen LogP contribution in [0.3, 0.4) is 0 Å². The third kappa shape index (κ3) is 5.75. The molecule has 3 aromatic carbocycles. The number of anilines is 2. The molecule has 1 N–H and O–H groups in total. The van der Waals surface area contributed by atoms with Crippen molar-refractivity contribution in [2.75, 3.05) is 43.5 Å². The topological polar surface area (TPSA) is 105 Å². The Balaban J connectivity index is 1.68. The molecule has 1 aliphatic heterocycles. The van der Waals surface area contributed by atoms with E-state index in [1.54, 1.807) is 53.4 Å². The monoisotopic (exact) mass is 537 g/mol. The van der Waals surface area contributed by atoms with Crippen LogP contribution < -0.4 is 19.1 Å². The predicted octanol–water partition coefficient (Wildman–Crippen LogP) is 4.08. The van der Waals surface area contributed by atoms with E-state index in [-0.39, 0.29) is 22.2 Å². The summed E-state index contributed by atoms with van der Waals surface area (Å²) in [6.07, 6.45) is 1.88. The number of sulfonamides is 1. The minimum absolute atomic E-state index is 0.0263. The summed E-state index contributed by atoms with van der Waals surface area (Å²) in [5.74, 6) is -0.0888. The number of carbonyl (C=O) groups excluding carboxylic acids is 2. The lowest BCUT2D eigenvalue weighted by Gasteiger charge is -2.26. The van der Waals surface area contributed by atoms with Gasteiger partial charge in [0.25, 0.3) is 15.9 Å². The number of nitrogens with one attached hydrogen (secondary N) is 1. The van der Waals surface area contributed by atoms with Crippen molar-refractivity contribution in [2.45, 2.75) is 24.7 Å². The van der Waals surface area contributed by atoms with E-state index in [1.807, 2.05) is 6.92 Å². The van der Waals surface area contributed by atoms with Crippen LogP contribution in [0.15, 0.2) is 71.6 Å². The summed E-state index contributed by atoms with van der Waals surface area (Å²) in [7, 11) is -1.27. The maximum Gasteiger partial charge on any atom is 0.264 e. The first kappa shape index (κ1) is 27.0. The second kappa shape index (κ2) is 11.6. The quantitative estimate of drug-likeness (QED) is 0.441. The Bertz CT molecular complexity index is 1420. The fraction of sp³-hybridized carbons (Fsp3) is 0.286. The van der Waals surface area contributed by atoms with Crippen molar-refractivity contribution in [1.29, 1.82) is 0 Å². The van der Waals surface area contributed by atoms with E-state index in [4.69, 9.17) is 9.47 Å². The highest BCUT2D eigenvalue weighted by molar-refractivity contribution is 7.92. The molecule has 0 saturated carbocycles. The number of methoxy groups -OCH3 is 2. The molecule has 0 aliphatic carbocycles. The molecule has 0 aromatic heterocycles. The van der Waals surface area contributed by atoms with E-state index in [9.17, 15) is 18.0 Å². The van der Waals surface area contributed by atoms with Crippen molar-refractivity contribution in [2.24, 2.45) is 0 Å². The van der Waals surface area contributed by atoms with Gasteiger partial charge in [-0.2, -0.15) is 0 Å². The summed E-state index contributed by atoms with van der Waals surface area (Å²) in [6.45, 7) is 2.64. The Morgan fingerprint density at radius 3 is 2.29 bits per heavy atom. The van der Waals surface area contributed by atoms with Crippen LogP contribution in [0.25, 0.3) is 0 Å². The van der Waals surface area contributed by atoms with Gasteiger partial charge >= 0.3 is 0 Å². The molecule has 0 radical (unpaired) electrons. The molecule has 4 rings (SSSR count). The smallest absolute Gasteiger partial charge is 0.264 e. The number of nitrogens with zero attached hydrogens (tertiary/aromatic N) is 2. The zero-order valence-electron chi connectivity index (χ0n) is 21.6. The lowest BCUT2D eigenvalue weighted by atomic mass is 10.1. The summed E-state index contributed by atoms with van der Waals surface area (Å²) in [4.78, 5) is 28.2. The largest absolute Gasteiger partial charge is 0.497 e. The average Bonchev–Trinajstić information content (AvgIpc) is 3.47. The van der Waals surface area contributed by atoms with Crippen LogP contribution in [0.2, 0.25) is 0 Å². The van der Waals surface area contributed by atoms with Crippen molar-refractivity contribution >= 4 is 33.2 Å². The van der Waals surface area contributed by atoms with Gasteiger partial charge in [0.15, 0.2) is 0 Å². The zero-order valence-corrected chi connectivity index (χ0v) is 22.5. The van der Waals surface area contributed by atoms with Gasteiger partial charge in [0.1, 0.15) is 18.0 Å². The molecule has 3 aromatic rings. The molecule has 0 bridgehead atoms. The summed E-state index contributed by atoms with van der Waals surface area (Å²) in [5.41, 5.74) is 1.75. The number of rotatable bonds is 9. The molecular weight excluding hydrogens is 506 g/mol. The van der Waals surface area contributed by atoms with Gasteiger partial charge in [-0.05, 0) is 56.2 Å². The number of amides is 2. The highest BCUT2D eigenvalue weighted by Gasteiger charge is 2.30. The Morgan fingerprint density at radius 1 is 0.947 bits per heavy atom.